The predicted octanol–water partition coefficient (Wildman–Crippen LogP) is 4.11. The molecule has 138 valence electrons. The van der Waals surface area contributed by atoms with Crippen molar-refractivity contribution in [2.75, 3.05) is 12.1 Å². The number of H-pyrrole nitrogens is 1. The molecule has 8 heteroatoms. The van der Waals surface area contributed by atoms with Crippen molar-refractivity contribution in [3.8, 4) is 28.8 Å². The number of aromatic amines is 1. The summed E-state index contributed by atoms with van der Waals surface area (Å²) < 4.78 is 11.5. The molecule has 0 bridgehead atoms. The van der Waals surface area contributed by atoms with Crippen LogP contribution in [0.15, 0.2) is 58.7 Å². The zero-order valence-corrected chi connectivity index (χ0v) is 16.0. The Labute approximate surface area is 168 Å². The van der Waals surface area contributed by atoms with E-state index in [0.717, 1.165) is 15.7 Å². The summed E-state index contributed by atoms with van der Waals surface area (Å²) in [5.41, 5.74) is 2.71. The summed E-state index contributed by atoms with van der Waals surface area (Å²) in [6, 6.07) is 14.6. The molecule has 2 aromatic carbocycles. The van der Waals surface area contributed by atoms with Gasteiger partial charge in [0.25, 0.3) is 5.91 Å². The first-order valence-electron chi connectivity index (χ1n) is 8.26. The van der Waals surface area contributed by atoms with Crippen LogP contribution in [0.5, 0.6) is 11.5 Å². The van der Waals surface area contributed by atoms with Crippen LogP contribution in [0.3, 0.4) is 0 Å². The maximum Gasteiger partial charge on any atom is 0.266 e. The molecule has 2 N–H and O–H groups in total. The molecule has 3 aromatic rings. The number of hydrogen-bond donors (Lipinski definition) is 2. The molecule has 1 aliphatic rings. The predicted molar refractivity (Wildman–Crippen MR) is 107 cm³/mol. The van der Waals surface area contributed by atoms with E-state index in [9.17, 15) is 10.1 Å². The third kappa shape index (κ3) is 3.61. The van der Waals surface area contributed by atoms with Gasteiger partial charge in [0.05, 0.1) is 11.9 Å². The van der Waals surface area contributed by atoms with Crippen LogP contribution in [0.25, 0.3) is 17.3 Å². The van der Waals surface area contributed by atoms with Gasteiger partial charge in [0.1, 0.15) is 11.6 Å². The largest absolute Gasteiger partial charge is 0.454 e. The second-order valence-corrected chi connectivity index (χ2v) is 6.81. The number of nitrogens with one attached hydrogen (secondary N) is 2. The highest BCUT2D eigenvalue weighted by molar-refractivity contribution is 9.10. The lowest BCUT2D eigenvalue weighted by Crippen LogP contribution is -2.13. The number of benzene rings is 2. The highest BCUT2D eigenvalue weighted by Crippen LogP contribution is 2.34. The molecule has 0 atom stereocenters. The molecule has 0 fully saturated rings. The van der Waals surface area contributed by atoms with Gasteiger partial charge in [-0.2, -0.15) is 10.4 Å². The summed E-state index contributed by atoms with van der Waals surface area (Å²) in [4.78, 5) is 12.6. The Balaban J connectivity index is 1.58. The van der Waals surface area contributed by atoms with Crippen LogP contribution in [0.4, 0.5) is 5.69 Å². The van der Waals surface area contributed by atoms with Gasteiger partial charge in [-0.05, 0) is 30.3 Å². The van der Waals surface area contributed by atoms with E-state index in [1.807, 2.05) is 30.3 Å². The smallest absolute Gasteiger partial charge is 0.266 e. The van der Waals surface area contributed by atoms with E-state index < -0.39 is 5.91 Å². The first-order valence-corrected chi connectivity index (χ1v) is 9.05. The Morgan fingerprint density at radius 2 is 2.00 bits per heavy atom. The quantitative estimate of drug-likeness (QED) is 0.473. The van der Waals surface area contributed by atoms with E-state index in [4.69, 9.17) is 9.47 Å². The van der Waals surface area contributed by atoms with Crippen molar-refractivity contribution in [2.45, 2.75) is 0 Å². The number of nitrogens with zero attached hydrogens (tertiary/aromatic N) is 2. The molecule has 0 saturated heterocycles. The number of nitriles is 1. The summed E-state index contributed by atoms with van der Waals surface area (Å²) in [5.74, 6) is 0.642. The Bertz CT molecular complexity index is 1110. The van der Waals surface area contributed by atoms with E-state index in [1.165, 1.54) is 6.08 Å². The zero-order valence-electron chi connectivity index (χ0n) is 14.4. The van der Waals surface area contributed by atoms with Crippen molar-refractivity contribution in [2.24, 2.45) is 0 Å². The third-order valence-electron chi connectivity index (χ3n) is 4.10. The monoisotopic (exact) mass is 436 g/mol. The second kappa shape index (κ2) is 7.58. The van der Waals surface area contributed by atoms with Gasteiger partial charge in [-0.15, -0.1) is 0 Å². The molecule has 7 nitrogen and oxygen atoms in total. The number of halogens is 1. The van der Waals surface area contributed by atoms with Crippen molar-refractivity contribution >= 4 is 33.6 Å². The van der Waals surface area contributed by atoms with Crippen LogP contribution in [0.2, 0.25) is 0 Å². The Kier molecular flexibility index (Phi) is 4.83. The van der Waals surface area contributed by atoms with E-state index in [2.05, 4.69) is 31.4 Å². The molecular weight excluding hydrogens is 424 g/mol. The number of rotatable bonds is 4. The van der Waals surface area contributed by atoms with Gasteiger partial charge in [-0.1, -0.05) is 28.1 Å². The molecule has 0 saturated carbocycles. The highest BCUT2D eigenvalue weighted by atomic mass is 79.9. The van der Waals surface area contributed by atoms with Gasteiger partial charge < -0.3 is 14.8 Å². The van der Waals surface area contributed by atoms with Crippen LogP contribution in [-0.2, 0) is 4.79 Å². The van der Waals surface area contributed by atoms with Crippen molar-refractivity contribution in [1.29, 1.82) is 5.26 Å². The average Bonchev–Trinajstić information content (AvgIpc) is 3.35. The first-order chi connectivity index (χ1) is 13.6. The van der Waals surface area contributed by atoms with Crippen molar-refractivity contribution in [3.63, 3.8) is 0 Å². The number of fused-ring (bicyclic) bond motifs is 1. The molecule has 28 heavy (non-hydrogen) atoms. The molecule has 0 radical (unpaired) electrons. The second-order valence-electron chi connectivity index (χ2n) is 5.90. The fourth-order valence-electron chi connectivity index (χ4n) is 2.73. The number of ether oxygens (including phenoxy) is 2. The van der Waals surface area contributed by atoms with Gasteiger partial charge in [-0.3, -0.25) is 9.89 Å². The van der Waals surface area contributed by atoms with E-state index >= 15 is 0 Å². The maximum atomic E-state index is 12.6. The lowest BCUT2D eigenvalue weighted by Gasteiger charge is -2.06. The Hall–Kier alpha value is -3.57. The molecule has 2 heterocycles. The molecule has 0 aliphatic carbocycles. The van der Waals surface area contributed by atoms with E-state index in [-0.39, 0.29) is 12.4 Å². The van der Waals surface area contributed by atoms with Crippen molar-refractivity contribution in [1.82, 2.24) is 10.2 Å². The van der Waals surface area contributed by atoms with Crippen molar-refractivity contribution < 1.29 is 14.3 Å². The van der Waals surface area contributed by atoms with E-state index in [0.29, 0.717) is 22.7 Å². The third-order valence-corrected chi connectivity index (χ3v) is 4.63. The normalized spacial score (nSPS) is 12.5. The standard InChI is InChI=1S/C20H13BrN4O3/c21-15-3-1-12(2-4-15)19-14(10-23-25-19)7-13(9-22)20(26)24-16-5-6-17-18(8-16)28-11-27-17/h1-8,10H,11H2,(H,23,25)(H,24,26)/b13-7-. The summed E-state index contributed by atoms with van der Waals surface area (Å²) in [6.07, 6.45) is 3.08. The molecule has 4 rings (SSSR count). The van der Waals surface area contributed by atoms with Crippen molar-refractivity contribution in [3.05, 3.63) is 64.3 Å². The number of carbonyl (C=O) groups is 1. The fourth-order valence-corrected chi connectivity index (χ4v) is 2.99. The first kappa shape index (κ1) is 17.8. The summed E-state index contributed by atoms with van der Waals surface area (Å²) >= 11 is 3.40. The van der Waals surface area contributed by atoms with Gasteiger partial charge in [-0.25, -0.2) is 0 Å². The minimum atomic E-state index is -0.524. The Morgan fingerprint density at radius 1 is 1.21 bits per heavy atom. The van der Waals surface area contributed by atoms with Gasteiger partial charge in [0.2, 0.25) is 6.79 Å². The lowest BCUT2D eigenvalue weighted by molar-refractivity contribution is -0.112. The van der Waals surface area contributed by atoms with Gasteiger partial charge in [0, 0.05) is 27.4 Å². The number of aromatic nitrogens is 2. The van der Waals surface area contributed by atoms with Gasteiger partial charge >= 0.3 is 0 Å². The van der Waals surface area contributed by atoms with Crippen LogP contribution < -0.4 is 14.8 Å². The fraction of sp³-hybridized carbons (Fsp3) is 0.0500. The van der Waals surface area contributed by atoms with E-state index in [1.54, 1.807) is 24.4 Å². The average molecular weight is 437 g/mol. The van der Waals surface area contributed by atoms with Crippen LogP contribution in [-0.4, -0.2) is 22.9 Å². The van der Waals surface area contributed by atoms with Crippen LogP contribution in [0, 0.1) is 11.3 Å². The SMILES string of the molecule is N#C/C(=C/c1cn[nH]c1-c1ccc(Br)cc1)C(=O)Nc1ccc2c(c1)OCO2. The maximum absolute atomic E-state index is 12.6. The number of anilines is 1. The molecule has 1 aliphatic heterocycles. The summed E-state index contributed by atoms with van der Waals surface area (Å²) in [6.45, 7) is 0.148. The molecule has 1 amide bonds. The molecule has 1 aromatic heterocycles. The molecule has 0 unspecified atom stereocenters. The topological polar surface area (TPSA) is 100 Å². The Morgan fingerprint density at radius 3 is 2.79 bits per heavy atom. The lowest BCUT2D eigenvalue weighted by atomic mass is 10.1. The summed E-state index contributed by atoms with van der Waals surface area (Å²) in [5, 5.41) is 19.1. The van der Waals surface area contributed by atoms with Crippen LogP contribution >= 0.6 is 15.9 Å². The number of carbonyl (C=O) groups excluding carboxylic acids is 1. The van der Waals surface area contributed by atoms with Crippen LogP contribution in [0.1, 0.15) is 5.56 Å². The molecule has 0 spiro atoms. The zero-order chi connectivity index (χ0) is 19.5. The van der Waals surface area contributed by atoms with Gasteiger partial charge in [0.15, 0.2) is 11.5 Å². The summed E-state index contributed by atoms with van der Waals surface area (Å²) in [7, 11) is 0. The minimum Gasteiger partial charge on any atom is -0.454 e. The molecular formula is C20H13BrN4O3. The number of hydrogen-bond acceptors (Lipinski definition) is 5. The number of amides is 1. The minimum absolute atomic E-state index is 0.0440. The highest BCUT2D eigenvalue weighted by Gasteiger charge is 2.16.